The van der Waals surface area contributed by atoms with E-state index in [1.807, 2.05) is 53.1 Å². The quantitative estimate of drug-likeness (QED) is 0.564. The van der Waals surface area contributed by atoms with Crippen molar-refractivity contribution >= 4 is 40.9 Å². The first kappa shape index (κ1) is 19.3. The van der Waals surface area contributed by atoms with Crippen molar-refractivity contribution in [3.63, 3.8) is 0 Å². The number of carbonyl (C=O) groups is 1. The molecule has 1 saturated carbocycles. The Morgan fingerprint density at radius 3 is 2.61 bits per heavy atom. The average Bonchev–Trinajstić information content (AvgIpc) is 3.12. The number of hydrogen-bond acceptors (Lipinski definition) is 4. The van der Waals surface area contributed by atoms with Crippen LogP contribution in [-0.4, -0.2) is 26.4 Å². The number of halogens is 2. The van der Waals surface area contributed by atoms with E-state index < -0.39 is 0 Å². The molecule has 4 rings (SSSR count). The molecule has 1 aliphatic carbocycles. The monoisotopic (exact) mass is 432 g/mol. The number of benzene rings is 2. The molecule has 1 aromatic heterocycles. The van der Waals surface area contributed by atoms with Gasteiger partial charge in [0.2, 0.25) is 5.91 Å². The molecule has 3 aromatic rings. The topological polar surface area (TPSA) is 59.8 Å². The van der Waals surface area contributed by atoms with E-state index in [9.17, 15) is 4.79 Å². The van der Waals surface area contributed by atoms with Crippen LogP contribution in [-0.2, 0) is 10.3 Å². The van der Waals surface area contributed by atoms with E-state index in [0.717, 1.165) is 30.5 Å². The van der Waals surface area contributed by atoms with Gasteiger partial charge in [-0.15, -0.1) is 10.2 Å². The van der Waals surface area contributed by atoms with E-state index in [-0.39, 0.29) is 17.2 Å². The summed E-state index contributed by atoms with van der Waals surface area (Å²) in [7, 11) is 0. The average molecular weight is 433 g/mol. The molecule has 1 heterocycles. The van der Waals surface area contributed by atoms with Gasteiger partial charge in [-0.1, -0.05) is 53.2 Å². The van der Waals surface area contributed by atoms with Gasteiger partial charge in [0, 0.05) is 10.0 Å². The number of carbonyl (C=O) groups excluding carboxylic acids is 1. The summed E-state index contributed by atoms with van der Waals surface area (Å²) < 4.78 is 1.82. The van der Waals surface area contributed by atoms with E-state index >= 15 is 0 Å². The number of nitrogens with zero attached hydrogens (tertiary/aromatic N) is 3. The molecular formula is C20H18Cl2N4OS. The fourth-order valence-corrected chi connectivity index (χ4v) is 4.38. The molecule has 2 aromatic carbocycles. The molecule has 0 unspecified atom stereocenters. The van der Waals surface area contributed by atoms with E-state index in [4.69, 9.17) is 23.2 Å². The first-order chi connectivity index (χ1) is 13.6. The molecule has 0 radical (unpaired) electrons. The van der Waals surface area contributed by atoms with Crippen molar-refractivity contribution in [1.29, 1.82) is 0 Å². The van der Waals surface area contributed by atoms with E-state index in [1.54, 1.807) is 6.33 Å². The second-order valence-electron chi connectivity index (χ2n) is 6.74. The molecule has 1 amide bonds. The molecule has 0 atom stereocenters. The van der Waals surface area contributed by atoms with Gasteiger partial charge in [-0.2, -0.15) is 0 Å². The molecule has 5 nitrogen and oxygen atoms in total. The van der Waals surface area contributed by atoms with Gasteiger partial charge in [0.15, 0.2) is 5.16 Å². The Labute approximate surface area is 177 Å². The zero-order valence-electron chi connectivity index (χ0n) is 14.9. The van der Waals surface area contributed by atoms with Gasteiger partial charge in [0.25, 0.3) is 0 Å². The highest BCUT2D eigenvalue weighted by Crippen LogP contribution is 2.41. The highest BCUT2D eigenvalue weighted by Gasteiger charge is 2.39. The summed E-state index contributed by atoms with van der Waals surface area (Å²) in [5, 5.41) is 13.3. The van der Waals surface area contributed by atoms with Crippen molar-refractivity contribution in [2.45, 2.75) is 30.0 Å². The third kappa shape index (κ3) is 4.04. The maximum Gasteiger partial charge on any atom is 0.231 e. The number of thioether (sulfide) groups is 1. The SMILES string of the molecule is O=C(CSc1nncn1-c1cccc(Cl)c1)NC1(c2ccc(Cl)cc2)CCC1. The molecule has 1 N–H and O–H groups in total. The van der Waals surface area contributed by atoms with Crippen LogP contribution in [0.3, 0.4) is 0 Å². The number of hydrogen-bond donors (Lipinski definition) is 1. The van der Waals surface area contributed by atoms with Gasteiger partial charge in [0.1, 0.15) is 6.33 Å². The third-order valence-electron chi connectivity index (χ3n) is 4.92. The minimum atomic E-state index is -0.289. The first-order valence-electron chi connectivity index (χ1n) is 8.92. The highest BCUT2D eigenvalue weighted by molar-refractivity contribution is 7.99. The molecule has 0 spiro atoms. The number of rotatable bonds is 6. The minimum Gasteiger partial charge on any atom is -0.346 e. The molecule has 0 aliphatic heterocycles. The van der Waals surface area contributed by atoms with Crippen molar-refractivity contribution in [1.82, 2.24) is 20.1 Å². The normalized spacial score (nSPS) is 15.1. The van der Waals surface area contributed by atoms with Crippen LogP contribution in [0.15, 0.2) is 60.0 Å². The van der Waals surface area contributed by atoms with Gasteiger partial charge < -0.3 is 5.32 Å². The summed E-state index contributed by atoms with van der Waals surface area (Å²) in [6, 6.07) is 15.1. The lowest BCUT2D eigenvalue weighted by molar-refractivity contribution is -0.121. The van der Waals surface area contributed by atoms with Crippen LogP contribution in [0.5, 0.6) is 0 Å². The molecule has 144 valence electrons. The Morgan fingerprint density at radius 2 is 1.93 bits per heavy atom. The standard InChI is InChI=1S/C20H18Cl2N4OS/c21-15-7-5-14(6-8-15)20(9-2-10-20)24-18(27)12-28-19-25-23-13-26(19)17-4-1-3-16(22)11-17/h1,3-8,11,13H,2,9-10,12H2,(H,24,27). The Morgan fingerprint density at radius 1 is 1.14 bits per heavy atom. The minimum absolute atomic E-state index is 0.0275. The van der Waals surface area contributed by atoms with Crippen molar-refractivity contribution < 1.29 is 4.79 Å². The predicted molar refractivity (Wildman–Crippen MR) is 112 cm³/mol. The van der Waals surface area contributed by atoms with Gasteiger partial charge in [-0.3, -0.25) is 9.36 Å². The zero-order valence-corrected chi connectivity index (χ0v) is 17.3. The zero-order chi connectivity index (χ0) is 19.6. The molecule has 0 bridgehead atoms. The van der Waals surface area contributed by atoms with Crippen molar-refractivity contribution in [2.75, 3.05) is 5.75 Å². The van der Waals surface area contributed by atoms with Crippen molar-refractivity contribution in [3.8, 4) is 5.69 Å². The lowest BCUT2D eigenvalue weighted by atomic mass is 9.72. The summed E-state index contributed by atoms with van der Waals surface area (Å²) in [4.78, 5) is 12.7. The fraction of sp³-hybridized carbons (Fsp3) is 0.250. The van der Waals surface area contributed by atoms with Crippen LogP contribution in [0.1, 0.15) is 24.8 Å². The second kappa shape index (κ2) is 8.15. The van der Waals surface area contributed by atoms with Gasteiger partial charge >= 0.3 is 0 Å². The molecule has 8 heteroatoms. The van der Waals surface area contributed by atoms with Gasteiger partial charge in [0.05, 0.1) is 17.0 Å². The number of aromatic nitrogens is 3. The summed E-state index contributed by atoms with van der Waals surface area (Å²) in [6.07, 6.45) is 4.58. The van der Waals surface area contributed by atoms with Crippen LogP contribution in [0.25, 0.3) is 5.69 Å². The third-order valence-corrected chi connectivity index (χ3v) is 6.35. The molecular weight excluding hydrogens is 415 g/mol. The maximum atomic E-state index is 12.7. The lowest BCUT2D eigenvalue weighted by Gasteiger charge is -2.43. The highest BCUT2D eigenvalue weighted by atomic mass is 35.5. The first-order valence-corrected chi connectivity index (χ1v) is 10.7. The van der Waals surface area contributed by atoms with E-state index in [0.29, 0.717) is 15.2 Å². The Balaban J connectivity index is 1.43. The predicted octanol–water partition coefficient (Wildman–Crippen LogP) is 4.86. The van der Waals surface area contributed by atoms with Gasteiger partial charge in [-0.05, 0) is 55.2 Å². The number of nitrogens with one attached hydrogen (secondary N) is 1. The Hall–Kier alpha value is -2.02. The van der Waals surface area contributed by atoms with E-state index in [2.05, 4.69) is 15.5 Å². The molecule has 0 saturated heterocycles. The van der Waals surface area contributed by atoms with Crippen LogP contribution < -0.4 is 5.32 Å². The molecule has 1 fully saturated rings. The second-order valence-corrected chi connectivity index (χ2v) is 8.56. The maximum absolute atomic E-state index is 12.7. The number of amides is 1. The smallest absolute Gasteiger partial charge is 0.231 e. The summed E-state index contributed by atoms with van der Waals surface area (Å²) in [6.45, 7) is 0. The van der Waals surface area contributed by atoms with Crippen LogP contribution >= 0.6 is 35.0 Å². The van der Waals surface area contributed by atoms with Crippen LogP contribution in [0.2, 0.25) is 10.0 Å². The van der Waals surface area contributed by atoms with Crippen LogP contribution in [0.4, 0.5) is 0 Å². The summed E-state index contributed by atoms with van der Waals surface area (Å²) in [5.41, 5.74) is 1.67. The Kier molecular flexibility index (Phi) is 5.62. The van der Waals surface area contributed by atoms with Gasteiger partial charge in [-0.25, -0.2) is 0 Å². The van der Waals surface area contributed by atoms with Crippen molar-refractivity contribution in [2.24, 2.45) is 0 Å². The fourth-order valence-electron chi connectivity index (χ4n) is 3.34. The lowest BCUT2D eigenvalue weighted by Crippen LogP contribution is -2.51. The summed E-state index contributed by atoms with van der Waals surface area (Å²) >= 11 is 13.4. The largest absolute Gasteiger partial charge is 0.346 e. The molecule has 1 aliphatic rings. The van der Waals surface area contributed by atoms with E-state index in [1.165, 1.54) is 11.8 Å². The molecule has 28 heavy (non-hydrogen) atoms. The van der Waals surface area contributed by atoms with Crippen molar-refractivity contribution in [3.05, 3.63) is 70.5 Å². The summed E-state index contributed by atoms with van der Waals surface area (Å²) in [5.74, 6) is 0.231. The Bertz CT molecular complexity index is 986. The van der Waals surface area contributed by atoms with Crippen LogP contribution in [0, 0.1) is 0 Å².